The molecule has 0 saturated heterocycles. The topological polar surface area (TPSA) is 49.4 Å². The van der Waals surface area contributed by atoms with Gasteiger partial charge in [-0.1, -0.05) is 0 Å². The third-order valence-corrected chi connectivity index (χ3v) is 0.995. The first-order valence-corrected chi connectivity index (χ1v) is 3.39. The van der Waals surface area contributed by atoms with Gasteiger partial charge >= 0.3 is 37.7 Å². The monoisotopic (exact) mass is 149 g/mol. The molecule has 0 N–H and O–H groups in total. The minimum Gasteiger partial charge on any atom is -0.779 e. The predicted molar refractivity (Wildman–Crippen MR) is 26.3 cm³/mol. The molecule has 0 aromatic carbocycles. The summed E-state index contributed by atoms with van der Waals surface area (Å²) in [6.45, 7) is 1.02. The summed E-state index contributed by atoms with van der Waals surface area (Å²) in [6.07, 6.45) is 0. The van der Waals surface area contributed by atoms with Crippen LogP contribution in [0.3, 0.4) is 0 Å². The van der Waals surface area contributed by atoms with Crippen LogP contribution in [-0.4, -0.2) is 51.5 Å². The Balaban J connectivity index is 0. The first-order valence-electron chi connectivity index (χ1n) is 1.40. The summed E-state index contributed by atoms with van der Waals surface area (Å²) in [7, 11) is -2.26. The van der Waals surface area contributed by atoms with Crippen LogP contribution in [0.4, 0.5) is 0 Å². The van der Waals surface area contributed by atoms with Crippen molar-refractivity contribution in [2.75, 3.05) is 13.8 Å². The first kappa shape index (κ1) is 11.2. The van der Waals surface area contributed by atoms with Crippen molar-refractivity contribution in [1.29, 1.82) is 0 Å². The summed E-state index contributed by atoms with van der Waals surface area (Å²) in [5.41, 5.74) is 0. The van der Waals surface area contributed by atoms with Crippen LogP contribution in [0.5, 0.6) is 0 Å². The number of rotatable bonds is 1. The van der Waals surface area contributed by atoms with Gasteiger partial charge in [0.25, 0.3) is 0 Å². The van der Waals surface area contributed by atoms with Crippen molar-refractivity contribution in [2.45, 2.75) is 0 Å². The van der Waals surface area contributed by atoms with Gasteiger partial charge in [-0.3, -0.25) is 0 Å². The molecule has 0 amide bonds. The van der Waals surface area contributed by atoms with Gasteiger partial charge in [0.2, 0.25) is 0 Å². The van der Waals surface area contributed by atoms with Crippen molar-refractivity contribution >= 4 is 45.3 Å². The zero-order valence-electron chi connectivity index (χ0n) is 4.38. The average molecular weight is 149 g/mol. The summed E-state index contributed by atoms with van der Waals surface area (Å²) in [5, 5.41) is 0. The molecule has 0 aliphatic heterocycles. The second kappa shape index (κ2) is 4.30. The van der Waals surface area contributed by atoms with Crippen LogP contribution in [0, 0.1) is 0 Å². The molecule has 0 heterocycles. The molecule has 0 aliphatic carbocycles. The van der Waals surface area contributed by atoms with Gasteiger partial charge in [0.1, 0.15) is 7.60 Å². The van der Waals surface area contributed by atoms with Crippen LogP contribution in [0.1, 0.15) is 0 Å². The van der Waals surface area contributed by atoms with Gasteiger partial charge in [0.15, 0.2) is 0 Å². The Morgan fingerprint density at radius 1 is 1.71 bits per heavy atom. The van der Waals surface area contributed by atoms with Crippen LogP contribution in [0.15, 0.2) is 0 Å². The molecule has 0 rings (SSSR count). The fourth-order valence-corrected chi connectivity index (χ4v) is 0. The van der Waals surface area contributed by atoms with E-state index in [4.69, 9.17) is 0 Å². The van der Waals surface area contributed by atoms with Crippen LogP contribution in [0.25, 0.3) is 0 Å². The quantitative estimate of drug-likeness (QED) is 0.370. The molecule has 1 atom stereocenters. The van der Waals surface area contributed by atoms with Crippen LogP contribution >= 0.6 is 7.60 Å². The maximum Gasteiger partial charge on any atom is 2.00 e. The molecule has 0 saturated carbocycles. The van der Waals surface area contributed by atoms with E-state index in [0.29, 0.717) is 0 Å². The molecule has 0 fully saturated rings. The standard InChI is InChI=1S/C2H7O3P.Ca/c1-5-6(2,3)4;/h1-2H3,(H,3,4);/q;+2/p-1. The first-order chi connectivity index (χ1) is 2.56. The number of hydrogen-bond acceptors (Lipinski definition) is 3. The van der Waals surface area contributed by atoms with Crippen LogP contribution in [0.2, 0.25) is 0 Å². The minimum absolute atomic E-state index is 0. The zero-order chi connectivity index (χ0) is 5.21. The maximum atomic E-state index is 9.81. The van der Waals surface area contributed by atoms with Crippen LogP contribution < -0.4 is 4.89 Å². The molecule has 0 aromatic rings. The molecule has 38 valence electrons. The summed E-state index contributed by atoms with van der Waals surface area (Å²) in [6, 6.07) is 0. The van der Waals surface area contributed by atoms with Crippen molar-refractivity contribution < 1.29 is 14.0 Å². The van der Waals surface area contributed by atoms with E-state index < -0.39 is 7.60 Å². The van der Waals surface area contributed by atoms with Gasteiger partial charge < -0.3 is 14.0 Å². The smallest absolute Gasteiger partial charge is 0.779 e. The number of hydrogen-bond donors (Lipinski definition) is 0. The van der Waals surface area contributed by atoms with Gasteiger partial charge in [0, 0.05) is 13.8 Å². The van der Waals surface area contributed by atoms with E-state index in [0.717, 1.165) is 13.8 Å². The Morgan fingerprint density at radius 3 is 1.86 bits per heavy atom. The largest absolute Gasteiger partial charge is 2.00 e. The molecule has 0 aromatic heterocycles. The van der Waals surface area contributed by atoms with E-state index in [1.165, 1.54) is 0 Å². The van der Waals surface area contributed by atoms with Crippen molar-refractivity contribution in [3.63, 3.8) is 0 Å². The fraction of sp³-hybridized carbons (Fsp3) is 1.00. The van der Waals surface area contributed by atoms with Crippen molar-refractivity contribution in [3.8, 4) is 0 Å². The van der Waals surface area contributed by atoms with Crippen molar-refractivity contribution in [3.05, 3.63) is 0 Å². The third-order valence-electron chi connectivity index (χ3n) is 0.332. The molecule has 5 heteroatoms. The van der Waals surface area contributed by atoms with Crippen molar-refractivity contribution in [2.24, 2.45) is 0 Å². The van der Waals surface area contributed by atoms with E-state index in [-0.39, 0.29) is 37.7 Å². The van der Waals surface area contributed by atoms with E-state index in [1.54, 1.807) is 0 Å². The second-order valence-corrected chi connectivity index (χ2v) is 2.86. The van der Waals surface area contributed by atoms with Gasteiger partial charge in [0.05, 0.1) is 0 Å². The molecule has 0 radical (unpaired) electrons. The summed E-state index contributed by atoms with van der Waals surface area (Å²) < 4.78 is 13.7. The normalized spacial score (nSPS) is 17.0. The van der Waals surface area contributed by atoms with E-state index in [1.807, 2.05) is 0 Å². The van der Waals surface area contributed by atoms with Gasteiger partial charge in [-0.25, -0.2) is 0 Å². The Labute approximate surface area is 72.6 Å². The second-order valence-electron chi connectivity index (χ2n) is 0.954. The Morgan fingerprint density at radius 2 is 1.86 bits per heavy atom. The molecule has 3 nitrogen and oxygen atoms in total. The summed E-state index contributed by atoms with van der Waals surface area (Å²) >= 11 is 0. The molecule has 0 bridgehead atoms. The fourth-order valence-electron chi connectivity index (χ4n) is 0. The average Bonchev–Trinajstić information content (AvgIpc) is 1.35. The maximum absolute atomic E-state index is 9.81. The SMILES string of the molecule is COP(C)(=O)[O-].[Ca+2]. The van der Waals surface area contributed by atoms with Gasteiger partial charge in [-0.05, 0) is 0 Å². The summed E-state index contributed by atoms with van der Waals surface area (Å²) in [4.78, 5) is 9.81. The minimum atomic E-state index is -3.40. The molecular formula is C2H6CaO3P+. The molecule has 7 heavy (non-hydrogen) atoms. The Hall–Kier alpha value is 1.41. The van der Waals surface area contributed by atoms with Gasteiger partial charge in [-0.15, -0.1) is 0 Å². The van der Waals surface area contributed by atoms with E-state index in [2.05, 4.69) is 4.52 Å². The van der Waals surface area contributed by atoms with E-state index >= 15 is 0 Å². The molecule has 0 spiro atoms. The summed E-state index contributed by atoms with van der Waals surface area (Å²) in [5.74, 6) is 0. The Bertz CT molecular complexity index is 77.0. The molecule has 0 aliphatic rings. The predicted octanol–water partition coefficient (Wildman–Crippen LogP) is -0.565. The molecular weight excluding hydrogens is 143 g/mol. The van der Waals surface area contributed by atoms with Gasteiger partial charge in [-0.2, -0.15) is 0 Å². The van der Waals surface area contributed by atoms with E-state index in [9.17, 15) is 9.46 Å². The Kier molecular flexibility index (Phi) is 6.91. The molecule has 1 unspecified atom stereocenters. The van der Waals surface area contributed by atoms with Crippen molar-refractivity contribution in [1.82, 2.24) is 0 Å². The third kappa shape index (κ3) is 11.2. The zero-order valence-corrected chi connectivity index (χ0v) is 7.48. The van der Waals surface area contributed by atoms with Crippen LogP contribution in [-0.2, 0) is 9.09 Å².